The fourth-order valence-corrected chi connectivity index (χ4v) is 2.07. The SMILES string of the molecule is CCNc1nc(-c2ccsc2)ccc1C#N. The minimum absolute atomic E-state index is 0.584. The molecule has 0 aromatic carbocycles. The van der Waals surface area contributed by atoms with E-state index in [4.69, 9.17) is 5.26 Å². The molecule has 2 aromatic heterocycles. The van der Waals surface area contributed by atoms with Crippen molar-refractivity contribution in [3.05, 3.63) is 34.5 Å². The molecule has 0 aliphatic heterocycles. The van der Waals surface area contributed by atoms with Crippen LogP contribution in [0.3, 0.4) is 0 Å². The Kier molecular flexibility index (Phi) is 3.18. The predicted molar refractivity (Wildman–Crippen MR) is 66.4 cm³/mol. The van der Waals surface area contributed by atoms with E-state index >= 15 is 0 Å². The van der Waals surface area contributed by atoms with Gasteiger partial charge in [0.1, 0.15) is 11.9 Å². The molecule has 0 spiro atoms. The van der Waals surface area contributed by atoms with Crippen molar-refractivity contribution in [3.63, 3.8) is 0 Å². The number of nitriles is 1. The van der Waals surface area contributed by atoms with Gasteiger partial charge in [0.15, 0.2) is 0 Å². The highest BCUT2D eigenvalue weighted by Gasteiger charge is 2.06. The molecular formula is C12H11N3S. The zero-order valence-electron chi connectivity index (χ0n) is 8.90. The Morgan fingerprint density at radius 3 is 2.94 bits per heavy atom. The van der Waals surface area contributed by atoms with Crippen LogP contribution in [0, 0.1) is 11.3 Å². The van der Waals surface area contributed by atoms with Gasteiger partial charge < -0.3 is 5.32 Å². The van der Waals surface area contributed by atoms with Crippen LogP contribution >= 0.6 is 11.3 Å². The number of pyridine rings is 1. The first-order valence-corrected chi connectivity index (χ1v) is 5.97. The molecule has 0 fully saturated rings. The first kappa shape index (κ1) is 10.7. The highest BCUT2D eigenvalue weighted by atomic mass is 32.1. The van der Waals surface area contributed by atoms with Gasteiger partial charge in [0.25, 0.3) is 0 Å². The second kappa shape index (κ2) is 4.77. The number of hydrogen-bond donors (Lipinski definition) is 1. The molecule has 0 radical (unpaired) electrons. The van der Waals surface area contributed by atoms with Gasteiger partial charge in [-0.3, -0.25) is 0 Å². The highest BCUT2D eigenvalue weighted by molar-refractivity contribution is 7.08. The van der Waals surface area contributed by atoms with Crippen molar-refractivity contribution in [3.8, 4) is 17.3 Å². The molecule has 2 heterocycles. The Hall–Kier alpha value is -1.86. The first-order chi connectivity index (χ1) is 7.85. The van der Waals surface area contributed by atoms with Crippen LogP contribution in [-0.4, -0.2) is 11.5 Å². The Bertz CT molecular complexity index is 512. The van der Waals surface area contributed by atoms with Crippen molar-refractivity contribution >= 4 is 17.2 Å². The average molecular weight is 229 g/mol. The van der Waals surface area contributed by atoms with Gasteiger partial charge in [0.05, 0.1) is 11.3 Å². The number of anilines is 1. The van der Waals surface area contributed by atoms with Crippen molar-refractivity contribution in [1.29, 1.82) is 5.26 Å². The zero-order chi connectivity index (χ0) is 11.4. The number of aromatic nitrogens is 1. The van der Waals surface area contributed by atoms with Gasteiger partial charge in [-0.1, -0.05) is 0 Å². The number of hydrogen-bond acceptors (Lipinski definition) is 4. The lowest BCUT2D eigenvalue weighted by Crippen LogP contribution is -2.02. The van der Waals surface area contributed by atoms with Crippen LogP contribution in [-0.2, 0) is 0 Å². The lowest BCUT2D eigenvalue weighted by molar-refractivity contribution is 1.15. The largest absolute Gasteiger partial charge is 0.369 e. The van der Waals surface area contributed by atoms with Crippen LogP contribution in [0.1, 0.15) is 12.5 Å². The summed E-state index contributed by atoms with van der Waals surface area (Å²) >= 11 is 1.64. The van der Waals surface area contributed by atoms with Crippen LogP contribution in [0.4, 0.5) is 5.82 Å². The average Bonchev–Trinajstić information content (AvgIpc) is 2.83. The minimum Gasteiger partial charge on any atom is -0.369 e. The normalized spacial score (nSPS) is 9.75. The van der Waals surface area contributed by atoms with Gasteiger partial charge in [-0.25, -0.2) is 4.98 Å². The molecule has 1 N–H and O–H groups in total. The van der Waals surface area contributed by atoms with Crippen LogP contribution in [0.5, 0.6) is 0 Å². The van der Waals surface area contributed by atoms with Crippen LogP contribution in [0.15, 0.2) is 29.0 Å². The lowest BCUT2D eigenvalue weighted by atomic mass is 10.2. The van der Waals surface area contributed by atoms with E-state index < -0.39 is 0 Å². The summed E-state index contributed by atoms with van der Waals surface area (Å²) in [6.45, 7) is 2.74. The molecule has 80 valence electrons. The molecule has 2 aromatic rings. The third-order valence-corrected chi connectivity index (χ3v) is 2.86. The summed E-state index contributed by atoms with van der Waals surface area (Å²) in [5, 5.41) is 16.1. The fraction of sp³-hybridized carbons (Fsp3) is 0.167. The summed E-state index contributed by atoms with van der Waals surface area (Å²) in [4.78, 5) is 4.45. The van der Waals surface area contributed by atoms with E-state index in [0.29, 0.717) is 11.4 Å². The Morgan fingerprint density at radius 1 is 1.44 bits per heavy atom. The molecule has 3 nitrogen and oxygen atoms in total. The molecule has 0 atom stereocenters. The molecule has 0 unspecified atom stereocenters. The predicted octanol–water partition coefficient (Wildman–Crippen LogP) is 3.11. The van der Waals surface area contributed by atoms with Crippen molar-refractivity contribution in [1.82, 2.24) is 4.98 Å². The van der Waals surface area contributed by atoms with E-state index in [2.05, 4.69) is 16.4 Å². The van der Waals surface area contributed by atoms with Crippen LogP contribution < -0.4 is 5.32 Å². The second-order valence-corrected chi connectivity index (χ2v) is 4.03. The van der Waals surface area contributed by atoms with E-state index in [1.807, 2.05) is 29.8 Å². The highest BCUT2D eigenvalue weighted by Crippen LogP contribution is 2.23. The van der Waals surface area contributed by atoms with Gasteiger partial charge in [-0.15, -0.1) is 0 Å². The maximum Gasteiger partial charge on any atom is 0.144 e. The Labute approximate surface area is 98.4 Å². The first-order valence-electron chi connectivity index (χ1n) is 5.02. The van der Waals surface area contributed by atoms with Crippen molar-refractivity contribution in [2.45, 2.75) is 6.92 Å². The topological polar surface area (TPSA) is 48.7 Å². The molecule has 4 heteroatoms. The lowest BCUT2D eigenvalue weighted by Gasteiger charge is -2.06. The third kappa shape index (κ3) is 2.05. The van der Waals surface area contributed by atoms with E-state index in [9.17, 15) is 0 Å². The molecule has 0 saturated carbocycles. The Balaban J connectivity index is 2.44. The van der Waals surface area contributed by atoms with E-state index in [0.717, 1.165) is 17.8 Å². The summed E-state index contributed by atoms with van der Waals surface area (Å²) in [7, 11) is 0. The number of nitrogens with zero attached hydrogens (tertiary/aromatic N) is 2. The standard InChI is InChI=1S/C12H11N3S/c1-2-14-12-9(7-13)3-4-11(15-12)10-5-6-16-8-10/h3-6,8H,2H2,1H3,(H,14,15). The number of rotatable bonds is 3. The zero-order valence-corrected chi connectivity index (χ0v) is 9.71. The monoisotopic (exact) mass is 229 g/mol. The quantitative estimate of drug-likeness (QED) is 0.879. The van der Waals surface area contributed by atoms with Crippen molar-refractivity contribution < 1.29 is 0 Å². The van der Waals surface area contributed by atoms with Crippen molar-refractivity contribution in [2.75, 3.05) is 11.9 Å². The second-order valence-electron chi connectivity index (χ2n) is 3.25. The number of thiophene rings is 1. The molecule has 0 aliphatic carbocycles. The van der Waals surface area contributed by atoms with Gasteiger partial charge in [0.2, 0.25) is 0 Å². The third-order valence-electron chi connectivity index (χ3n) is 2.18. The molecular weight excluding hydrogens is 218 g/mol. The van der Waals surface area contributed by atoms with Gasteiger partial charge in [-0.05, 0) is 30.5 Å². The van der Waals surface area contributed by atoms with Crippen LogP contribution in [0.2, 0.25) is 0 Å². The van der Waals surface area contributed by atoms with Gasteiger partial charge in [-0.2, -0.15) is 16.6 Å². The summed E-state index contributed by atoms with van der Waals surface area (Å²) < 4.78 is 0. The molecule has 0 saturated heterocycles. The van der Waals surface area contributed by atoms with E-state index in [1.54, 1.807) is 17.4 Å². The Morgan fingerprint density at radius 2 is 2.31 bits per heavy atom. The van der Waals surface area contributed by atoms with E-state index in [1.165, 1.54) is 0 Å². The van der Waals surface area contributed by atoms with Gasteiger partial charge >= 0.3 is 0 Å². The molecule has 0 bridgehead atoms. The van der Waals surface area contributed by atoms with E-state index in [-0.39, 0.29) is 0 Å². The molecule has 16 heavy (non-hydrogen) atoms. The minimum atomic E-state index is 0.584. The van der Waals surface area contributed by atoms with Crippen LogP contribution in [0.25, 0.3) is 11.3 Å². The summed E-state index contributed by atoms with van der Waals surface area (Å²) in [5.41, 5.74) is 2.57. The smallest absolute Gasteiger partial charge is 0.144 e. The maximum absolute atomic E-state index is 8.94. The number of nitrogens with one attached hydrogen (secondary N) is 1. The summed E-state index contributed by atoms with van der Waals surface area (Å²) in [6.07, 6.45) is 0. The summed E-state index contributed by atoms with van der Waals surface area (Å²) in [6, 6.07) is 7.83. The van der Waals surface area contributed by atoms with Crippen molar-refractivity contribution in [2.24, 2.45) is 0 Å². The fourth-order valence-electron chi connectivity index (χ4n) is 1.42. The maximum atomic E-state index is 8.94. The molecule has 0 aliphatic rings. The summed E-state index contributed by atoms with van der Waals surface area (Å²) in [5.74, 6) is 0.661. The van der Waals surface area contributed by atoms with Gasteiger partial charge in [0, 0.05) is 17.5 Å². The molecule has 0 amide bonds. The molecule has 2 rings (SSSR count).